The van der Waals surface area contributed by atoms with Gasteiger partial charge in [-0.25, -0.2) is 18.5 Å². The van der Waals surface area contributed by atoms with Crippen LogP contribution in [0.1, 0.15) is 45.1 Å². The van der Waals surface area contributed by atoms with Crippen LogP contribution in [0.4, 0.5) is 0 Å². The third-order valence-electron chi connectivity index (χ3n) is 5.00. The number of sulfonamides is 1. The lowest BCUT2D eigenvalue weighted by atomic mass is 9.83. The molecule has 1 saturated carbocycles. The Hall–Kier alpha value is -0.870. The van der Waals surface area contributed by atoms with E-state index in [4.69, 9.17) is 5.14 Å². The van der Waals surface area contributed by atoms with E-state index in [9.17, 15) is 8.42 Å². The van der Waals surface area contributed by atoms with E-state index in [0.717, 1.165) is 30.5 Å². The first-order chi connectivity index (χ1) is 12.3. The van der Waals surface area contributed by atoms with Crippen LogP contribution in [0.15, 0.2) is 34.2 Å². The molecule has 27 heavy (non-hydrogen) atoms. The Kier molecular flexibility index (Phi) is 10.0. The van der Waals surface area contributed by atoms with Crippen molar-refractivity contribution in [2.45, 2.75) is 51.0 Å². The van der Waals surface area contributed by atoms with Crippen LogP contribution in [0.2, 0.25) is 0 Å². The Labute approximate surface area is 181 Å². The van der Waals surface area contributed by atoms with Gasteiger partial charge in [-0.15, -0.1) is 24.0 Å². The Morgan fingerprint density at radius 1 is 1.30 bits per heavy atom. The van der Waals surface area contributed by atoms with Gasteiger partial charge in [-0.2, -0.15) is 0 Å². The van der Waals surface area contributed by atoms with Crippen molar-refractivity contribution in [1.82, 2.24) is 10.2 Å². The molecule has 0 spiro atoms. The molecule has 8 heteroatoms. The van der Waals surface area contributed by atoms with E-state index in [2.05, 4.69) is 29.2 Å². The van der Waals surface area contributed by atoms with Crippen molar-refractivity contribution in [2.24, 2.45) is 22.0 Å². The van der Waals surface area contributed by atoms with Crippen molar-refractivity contribution in [1.29, 1.82) is 0 Å². The second-order valence-electron chi connectivity index (χ2n) is 7.37. The van der Waals surface area contributed by atoms with Crippen LogP contribution in [0.5, 0.6) is 0 Å². The highest BCUT2D eigenvalue weighted by Crippen LogP contribution is 2.28. The number of rotatable bonds is 6. The molecule has 0 aromatic heterocycles. The molecule has 0 unspecified atom stereocenters. The number of nitrogens with zero attached hydrogens (tertiary/aromatic N) is 2. The fourth-order valence-electron chi connectivity index (χ4n) is 3.44. The Morgan fingerprint density at radius 2 is 1.96 bits per heavy atom. The number of halogens is 1. The summed E-state index contributed by atoms with van der Waals surface area (Å²) in [5.74, 6) is 2.42. The lowest BCUT2D eigenvalue weighted by Gasteiger charge is -2.31. The molecular formula is C19H33IN4O2S. The van der Waals surface area contributed by atoms with Crippen molar-refractivity contribution < 1.29 is 8.42 Å². The van der Waals surface area contributed by atoms with Gasteiger partial charge in [0, 0.05) is 20.1 Å². The zero-order valence-electron chi connectivity index (χ0n) is 16.5. The van der Waals surface area contributed by atoms with Gasteiger partial charge >= 0.3 is 0 Å². The van der Waals surface area contributed by atoms with Gasteiger partial charge < -0.3 is 10.2 Å². The van der Waals surface area contributed by atoms with E-state index in [1.807, 2.05) is 13.0 Å². The summed E-state index contributed by atoms with van der Waals surface area (Å²) in [6.45, 7) is 6.59. The summed E-state index contributed by atoms with van der Waals surface area (Å²) >= 11 is 0. The van der Waals surface area contributed by atoms with Crippen LogP contribution in [0.25, 0.3) is 0 Å². The van der Waals surface area contributed by atoms with E-state index < -0.39 is 10.0 Å². The molecule has 2 rings (SSSR count). The fraction of sp³-hybridized carbons (Fsp3) is 0.632. The maximum absolute atomic E-state index is 11.5. The zero-order chi connectivity index (χ0) is 19.2. The van der Waals surface area contributed by atoms with Crippen LogP contribution in [0.3, 0.4) is 0 Å². The van der Waals surface area contributed by atoms with Crippen LogP contribution < -0.4 is 10.5 Å². The van der Waals surface area contributed by atoms with E-state index in [0.29, 0.717) is 12.5 Å². The highest BCUT2D eigenvalue weighted by molar-refractivity contribution is 14.0. The second-order valence-corrected chi connectivity index (χ2v) is 8.93. The van der Waals surface area contributed by atoms with Crippen molar-refractivity contribution in [2.75, 3.05) is 20.1 Å². The largest absolute Gasteiger partial charge is 0.357 e. The van der Waals surface area contributed by atoms with Gasteiger partial charge in [-0.1, -0.05) is 31.9 Å². The second kappa shape index (κ2) is 11.2. The van der Waals surface area contributed by atoms with E-state index >= 15 is 0 Å². The van der Waals surface area contributed by atoms with E-state index in [1.54, 1.807) is 12.1 Å². The number of hydrogen-bond donors (Lipinski definition) is 2. The summed E-state index contributed by atoms with van der Waals surface area (Å²) in [4.78, 5) is 7.00. The molecule has 0 bridgehead atoms. The zero-order valence-corrected chi connectivity index (χ0v) is 19.7. The highest BCUT2D eigenvalue weighted by atomic mass is 127. The molecule has 6 nitrogen and oxygen atoms in total. The van der Waals surface area contributed by atoms with Gasteiger partial charge in [-0.05, 0) is 49.3 Å². The summed E-state index contributed by atoms with van der Waals surface area (Å²) in [5.41, 5.74) is 0.826. The minimum atomic E-state index is -3.69. The highest BCUT2D eigenvalue weighted by Gasteiger charge is 2.20. The fourth-order valence-corrected chi connectivity index (χ4v) is 4.03. The summed E-state index contributed by atoms with van der Waals surface area (Å²) in [6.07, 6.45) is 5.18. The molecule has 3 N–H and O–H groups in total. The number of aliphatic imine (C=N–C) groups is 1. The molecule has 0 aliphatic heterocycles. The summed E-state index contributed by atoms with van der Waals surface area (Å²) < 4.78 is 23.0. The molecule has 1 fully saturated rings. The minimum absolute atomic E-state index is 0. The Morgan fingerprint density at radius 3 is 2.56 bits per heavy atom. The molecule has 0 atom stereocenters. The number of nitrogens with two attached hydrogens (primary N) is 1. The molecule has 1 aromatic carbocycles. The third-order valence-corrected chi connectivity index (χ3v) is 5.91. The number of benzene rings is 1. The van der Waals surface area contributed by atoms with Crippen molar-refractivity contribution >= 4 is 40.0 Å². The first-order valence-corrected chi connectivity index (χ1v) is 11.0. The molecule has 1 aliphatic carbocycles. The smallest absolute Gasteiger partial charge is 0.238 e. The summed E-state index contributed by atoms with van der Waals surface area (Å²) in [7, 11) is -1.62. The van der Waals surface area contributed by atoms with Gasteiger partial charge in [0.05, 0.1) is 11.4 Å². The van der Waals surface area contributed by atoms with E-state index in [-0.39, 0.29) is 28.9 Å². The summed E-state index contributed by atoms with van der Waals surface area (Å²) in [6, 6.07) is 6.66. The molecule has 1 aliphatic rings. The number of nitrogens with one attached hydrogen (secondary N) is 1. The Bertz CT molecular complexity index is 716. The Balaban J connectivity index is 0.00000364. The van der Waals surface area contributed by atoms with Gasteiger partial charge in [0.15, 0.2) is 5.96 Å². The lowest BCUT2D eigenvalue weighted by Crippen LogP contribution is -2.41. The predicted molar refractivity (Wildman–Crippen MR) is 122 cm³/mol. The van der Waals surface area contributed by atoms with Crippen molar-refractivity contribution in [3.05, 3.63) is 29.8 Å². The standard InChI is InChI=1S/C19H32N4O2S.HI/c1-4-21-19(23(3)14-16-10-8-15(2)9-11-16)22-13-17-6-5-7-18(12-17)26(20,24)25;/h5-7,12,15-16H,4,8-11,13-14H2,1-3H3,(H,21,22)(H2,20,24,25);1H. The molecule has 0 saturated heterocycles. The third kappa shape index (κ3) is 7.95. The monoisotopic (exact) mass is 508 g/mol. The van der Waals surface area contributed by atoms with Crippen molar-refractivity contribution in [3.8, 4) is 0 Å². The van der Waals surface area contributed by atoms with Crippen LogP contribution >= 0.6 is 24.0 Å². The predicted octanol–water partition coefficient (Wildman–Crippen LogP) is 3.18. The molecule has 0 heterocycles. The molecule has 0 radical (unpaired) electrons. The van der Waals surface area contributed by atoms with E-state index in [1.165, 1.54) is 31.7 Å². The van der Waals surface area contributed by atoms with Crippen LogP contribution in [0, 0.1) is 11.8 Å². The SMILES string of the molecule is CCNC(=NCc1cccc(S(N)(=O)=O)c1)N(C)CC1CCC(C)CC1.I. The van der Waals surface area contributed by atoms with Crippen LogP contribution in [-0.4, -0.2) is 39.4 Å². The number of primary sulfonamides is 1. The molecule has 1 aromatic rings. The maximum atomic E-state index is 11.5. The quantitative estimate of drug-likeness (QED) is 0.351. The molecule has 154 valence electrons. The summed E-state index contributed by atoms with van der Waals surface area (Å²) in [5, 5.41) is 8.54. The van der Waals surface area contributed by atoms with Crippen LogP contribution in [-0.2, 0) is 16.6 Å². The van der Waals surface area contributed by atoms with Gasteiger partial charge in [0.25, 0.3) is 0 Å². The van der Waals surface area contributed by atoms with Gasteiger partial charge in [0.1, 0.15) is 0 Å². The normalized spacial score (nSPS) is 20.7. The average molecular weight is 508 g/mol. The van der Waals surface area contributed by atoms with Crippen molar-refractivity contribution in [3.63, 3.8) is 0 Å². The first-order valence-electron chi connectivity index (χ1n) is 9.40. The number of guanidine groups is 1. The van der Waals surface area contributed by atoms with Gasteiger partial charge in [-0.3, -0.25) is 0 Å². The lowest BCUT2D eigenvalue weighted by molar-refractivity contribution is 0.250. The molecule has 0 amide bonds. The maximum Gasteiger partial charge on any atom is 0.238 e. The topological polar surface area (TPSA) is 87.8 Å². The van der Waals surface area contributed by atoms with Gasteiger partial charge in [0.2, 0.25) is 10.0 Å². The number of hydrogen-bond acceptors (Lipinski definition) is 3. The average Bonchev–Trinajstić information content (AvgIpc) is 2.60. The first kappa shape index (κ1) is 24.2. The minimum Gasteiger partial charge on any atom is -0.357 e. The molecular weight excluding hydrogens is 475 g/mol.